The number of halogens is 1. The average Bonchev–Trinajstić information content (AvgIpc) is 3.28. The van der Waals surface area contributed by atoms with E-state index in [2.05, 4.69) is 31.3 Å². The third-order valence-electron chi connectivity index (χ3n) is 5.56. The highest BCUT2D eigenvalue weighted by Crippen LogP contribution is 2.25. The van der Waals surface area contributed by atoms with Gasteiger partial charge in [0.15, 0.2) is 0 Å². The summed E-state index contributed by atoms with van der Waals surface area (Å²) >= 11 is 3.43. The number of benzene rings is 2. The summed E-state index contributed by atoms with van der Waals surface area (Å²) in [7, 11) is 1.26. The summed E-state index contributed by atoms with van der Waals surface area (Å²) in [4.78, 5) is 39.3. The van der Waals surface area contributed by atoms with Gasteiger partial charge < -0.3 is 20.3 Å². The molecule has 32 heavy (non-hydrogen) atoms. The Labute approximate surface area is 196 Å². The van der Waals surface area contributed by atoms with Gasteiger partial charge in [0.1, 0.15) is 12.1 Å². The van der Waals surface area contributed by atoms with Crippen LogP contribution in [0.5, 0.6) is 0 Å². The van der Waals surface area contributed by atoms with E-state index in [4.69, 9.17) is 0 Å². The van der Waals surface area contributed by atoms with Crippen molar-refractivity contribution in [1.82, 2.24) is 10.2 Å². The molecule has 1 heterocycles. The standard InChI is InChI=1S/C24H28BrN3O4/c1-15(2)21(27-24(31)32-3)23(30)28-14-4-5-20(28)22(29)26-19-12-8-17(9-13-19)16-6-10-18(25)11-7-16/h6-13,15,20-21H,4-5,14H2,1-3H3,(H,26,29)(H,27,31)/t20-,21-/m0/s1. The zero-order valence-electron chi connectivity index (χ0n) is 18.4. The van der Waals surface area contributed by atoms with Gasteiger partial charge in [-0.15, -0.1) is 0 Å². The fraction of sp³-hybridized carbons (Fsp3) is 0.375. The van der Waals surface area contributed by atoms with Crippen molar-refractivity contribution in [3.63, 3.8) is 0 Å². The molecule has 0 aliphatic carbocycles. The molecule has 1 fully saturated rings. The maximum Gasteiger partial charge on any atom is 0.407 e. The van der Waals surface area contributed by atoms with E-state index in [-0.39, 0.29) is 17.7 Å². The number of hydrogen-bond acceptors (Lipinski definition) is 4. The van der Waals surface area contributed by atoms with Crippen LogP contribution in [0.2, 0.25) is 0 Å². The van der Waals surface area contributed by atoms with Gasteiger partial charge in [0.25, 0.3) is 0 Å². The molecule has 3 amide bonds. The number of nitrogens with zero attached hydrogens (tertiary/aromatic N) is 1. The van der Waals surface area contributed by atoms with Crippen molar-refractivity contribution in [2.75, 3.05) is 19.0 Å². The molecule has 0 radical (unpaired) electrons. The summed E-state index contributed by atoms with van der Waals surface area (Å²) in [6.45, 7) is 4.17. The maximum absolute atomic E-state index is 13.1. The van der Waals surface area contributed by atoms with Crippen LogP contribution < -0.4 is 10.6 Å². The number of nitrogens with one attached hydrogen (secondary N) is 2. The highest BCUT2D eigenvalue weighted by molar-refractivity contribution is 9.10. The number of anilines is 1. The molecular weight excluding hydrogens is 474 g/mol. The smallest absolute Gasteiger partial charge is 0.407 e. The molecule has 3 rings (SSSR count). The Balaban J connectivity index is 1.67. The van der Waals surface area contributed by atoms with Crippen LogP contribution in [0.15, 0.2) is 53.0 Å². The van der Waals surface area contributed by atoms with Crippen molar-refractivity contribution >= 4 is 39.5 Å². The van der Waals surface area contributed by atoms with Crippen LogP contribution in [0, 0.1) is 5.92 Å². The van der Waals surface area contributed by atoms with Gasteiger partial charge in [-0.05, 0) is 54.2 Å². The zero-order chi connectivity index (χ0) is 23.3. The van der Waals surface area contributed by atoms with Crippen molar-refractivity contribution in [3.05, 3.63) is 53.0 Å². The van der Waals surface area contributed by atoms with Crippen LogP contribution in [0.4, 0.5) is 10.5 Å². The number of hydrogen-bond donors (Lipinski definition) is 2. The van der Waals surface area contributed by atoms with Gasteiger partial charge in [-0.3, -0.25) is 9.59 Å². The minimum Gasteiger partial charge on any atom is -0.453 e. The molecule has 2 atom stereocenters. The molecule has 1 aliphatic heterocycles. The first-order valence-corrected chi connectivity index (χ1v) is 11.4. The first-order valence-electron chi connectivity index (χ1n) is 10.6. The summed E-state index contributed by atoms with van der Waals surface area (Å²) in [6, 6.07) is 14.3. The fourth-order valence-corrected chi connectivity index (χ4v) is 4.06. The molecule has 1 saturated heterocycles. The number of ether oxygens (including phenoxy) is 1. The van der Waals surface area contributed by atoms with E-state index in [1.165, 1.54) is 7.11 Å². The average molecular weight is 502 g/mol. The van der Waals surface area contributed by atoms with E-state index in [0.717, 1.165) is 22.0 Å². The molecule has 0 bridgehead atoms. The van der Waals surface area contributed by atoms with Crippen molar-refractivity contribution < 1.29 is 19.1 Å². The largest absolute Gasteiger partial charge is 0.453 e. The molecule has 7 nitrogen and oxygen atoms in total. The second kappa shape index (κ2) is 10.6. The molecule has 170 valence electrons. The van der Waals surface area contributed by atoms with Crippen LogP contribution in [-0.2, 0) is 14.3 Å². The lowest BCUT2D eigenvalue weighted by Crippen LogP contribution is -2.54. The summed E-state index contributed by atoms with van der Waals surface area (Å²) in [5.41, 5.74) is 2.79. The maximum atomic E-state index is 13.1. The van der Waals surface area contributed by atoms with Crippen molar-refractivity contribution in [3.8, 4) is 11.1 Å². The predicted octanol–water partition coefficient (Wildman–Crippen LogP) is 4.43. The number of likely N-dealkylation sites (tertiary alicyclic amines) is 1. The minimum absolute atomic E-state index is 0.142. The van der Waals surface area contributed by atoms with Gasteiger partial charge >= 0.3 is 6.09 Å². The summed E-state index contributed by atoms with van der Waals surface area (Å²) in [5, 5.41) is 5.51. The Morgan fingerprint density at radius 1 is 1.03 bits per heavy atom. The topological polar surface area (TPSA) is 87.7 Å². The molecule has 2 aromatic rings. The normalized spacial score (nSPS) is 16.5. The predicted molar refractivity (Wildman–Crippen MR) is 127 cm³/mol. The molecule has 0 unspecified atom stereocenters. The molecule has 2 aromatic carbocycles. The molecule has 2 N–H and O–H groups in total. The van der Waals surface area contributed by atoms with Gasteiger partial charge in [-0.25, -0.2) is 4.79 Å². The molecular formula is C24H28BrN3O4. The summed E-state index contributed by atoms with van der Waals surface area (Å²) in [5.74, 6) is -0.640. The van der Waals surface area contributed by atoms with Crippen LogP contribution in [-0.4, -0.2) is 48.5 Å². The van der Waals surface area contributed by atoms with Crippen molar-refractivity contribution in [2.24, 2.45) is 5.92 Å². The van der Waals surface area contributed by atoms with Crippen LogP contribution in [0.1, 0.15) is 26.7 Å². The highest BCUT2D eigenvalue weighted by Gasteiger charge is 2.38. The van der Waals surface area contributed by atoms with Gasteiger partial charge in [0.2, 0.25) is 11.8 Å². The number of amides is 3. The lowest BCUT2D eigenvalue weighted by Gasteiger charge is -2.30. The number of carbonyl (C=O) groups excluding carboxylic acids is 3. The van der Waals surface area contributed by atoms with Crippen LogP contribution in [0.25, 0.3) is 11.1 Å². The van der Waals surface area contributed by atoms with E-state index in [9.17, 15) is 14.4 Å². The third kappa shape index (κ3) is 5.68. The first kappa shape index (κ1) is 23.8. The zero-order valence-corrected chi connectivity index (χ0v) is 20.0. The van der Waals surface area contributed by atoms with E-state index < -0.39 is 18.2 Å². The number of methoxy groups -OCH3 is 1. The quantitative estimate of drug-likeness (QED) is 0.612. The molecule has 1 aliphatic rings. The summed E-state index contributed by atoms with van der Waals surface area (Å²) < 4.78 is 5.66. The van der Waals surface area contributed by atoms with Crippen LogP contribution in [0.3, 0.4) is 0 Å². The molecule has 0 aromatic heterocycles. The SMILES string of the molecule is COC(=O)N[C@H](C(=O)N1CCC[C@H]1C(=O)Nc1ccc(-c2ccc(Br)cc2)cc1)C(C)C. The Morgan fingerprint density at radius 3 is 2.19 bits per heavy atom. The minimum atomic E-state index is -0.749. The third-order valence-corrected chi connectivity index (χ3v) is 6.09. The molecule has 8 heteroatoms. The van der Waals surface area contributed by atoms with Gasteiger partial charge in [0.05, 0.1) is 7.11 Å². The van der Waals surface area contributed by atoms with E-state index in [1.807, 2.05) is 62.4 Å². The fourth-order valence-electron chi connectivity index (χ4n) is 3.80. The van der Waals surface area contributed by atoms with Crippen molar-refractivity contribution in [2.45, 2.75) is 38.8 Å². The number of rotatable bonds is 6. The highest BCUT2D eigenvalue weighted by atomic mass is 79.9. The monoisotopic (exact) mass is 501 g/mol. The second-order valence-corrected chi connectivity index (χ2v) is 9.04. The number of carbonyl (C=O) groups is 3. The van der Waals surface area contributed by atoms with E-state index in [0.29, 0.717) is 18.7 Å². The van der Waals surface area contributed by atoms with Crippen molar-refractivity contribution in [1.29, 1.82) is 0 Å². The van der Waals surface area contributed by atoms with Gasteiger partial charge in [-0.2, -0.15) is 0 Å². The lowest BCUT2D eigenvalue weighted by molar-refractivity contribution is -0.139. The Hall–Kier alpha value is -2.87. The first-order chi connectivity index (χ1) is 15.3. The second-order valence-electron chi connectivity index (χ2n) is 8.12. The Bertz CT molecular complexity index is 960. The Morgan fingerprint density at radius 2 is 1.62 bits per heavy atom. The lowest BCUT2D eigenvalue weighted by atomic mass is 10.0. The molecule has 0 spiro atoms. The molecule has 0 saturated carbocycles. The number of alkyl carbamates (subject to hydrolysis) is 1. The van der Waals surface area contributed by atoms with Crippen LogP contribution >= 0.6 is 15.9 Å². The Kier molecular flexibility index (Phi) is 7.90. The van der Waals surface area contributed by atoms with E-state index >= 15 is 0 Å². The van der Waals surface area contributed by atoms with Gasteiger partial charge in [-0.1, -0.05) is 54.0 Å². The summed E-state index contributed by atoms with van der Waals surface area (Å²) in [6.07, 6.45) is 0.649. The van der Waals surface area contributed by atoms with E-state index in [1.54, 1.807) is 4.90 Å². The van der Waals surface area contributed by atoms with Gasteiger partial charge in [0, 0.05) is 16.7 Å².